The molecule has 0 radical (unpaired) electrons. The molecule has 3 heterocycles. The maximum Gasteiger partial charge on any atom is 0.244 e. The van der Waals surface area contributed by atoms with Crippen molar-refractivity contribution in [2.45, 2.75) is 6.42 Å². The highest BCUT2D eigenvalue weighted by atomic mass is 32.1. The molecular formula is C15H11FN4OS. The fraction of sp³-hybridized carbons (Fsp3) is 0.133. The molecule has 5 nitrogen and oxygen atoms in total. The minimum atomic E-state index is -0.241. The molecule has 22 heavy (non-hydrogen) atoms. The van der Waals surface area contributed by atoms with Crippen LogP contribution >= 0.6 is 11.3 Å². The summed E-state index contributed by atoms with van der Waals surface area (Å²) in [6.45, 7) is 0.438. The lowest BCUT2D eigenvalue weighted by Gasteiger charge is -2.04. The molecule has 3 aromatic heterocycles. The number of ether oxygens (including phenoxy) is 1. The van der Waals surface area contributed by atoms with E-state index in [0.29, 0.717) is 24.4 Å². The Morgan fingerprint density at radius 1 is 1.23 bits per heavy atom. The Balaban J connectivity index is 1.52. The molecule has 0 bridgehead atoms. The van der Waals surface area contributed by atoms with Gasteiger partial charge in [0.25, 0.3) is 0 Å². The van der Waals surface area contributed by atoms with Gasteiger partial charge in [-0.15, -0.1) is 11.3 Å². The van der Waals surface area contributed by atoms with E-state index in [9.17, 15) is 4.39 Å². The third-order valence-electron chi connectivity index (χ3n) is 3.44. The second-order valence-corrected chi connectivity index (χ2v) is 5.62. The molecule has 0 saturated heterocycles. The number of hydrogen-bond donors (Lipinski definition) is 1. The summed E-state index contributed by atoms with van der Waals surface area (Å²) in [6.07, 6.45) is 4.00. The smallest absolute Gasteiger partial charge is 0.244 e. The van der Waals surface area contributed by atoms with Gasteiger partial charge in [-0.25, -0.2) is 14.4 Å². The Morgan fingerprint density at radius 2 is 2.18 bits per heavy atom. The van der Waals surface area contributed by atoms with Gasteiger partial charge in [-0.05, 0) is 23.8 Å². The van der Waals surface area contributed by atoms with Crippen molar-refractivity contribution >= 4 is 32.6 Å². The highest BCUT2D eigenvalue weighted by molar-refractivity contribution is 7.16. The van der Waals surface area contributed by atoms with Crippen LogP contribution in [0.1, 0.15) is 5.56 Å². The lowest BCUT2D eigenvalue weighted by atomic mass is 10.1. The van der Waals surface area contributed by atoms with Gasteiger partial charge in [0, 0.05) is 23.5 Å². The average molecular weight is 314 g/mol. The quantitative estimate of drug-likeness (QED) is 0.627. The summed E-state index contributed by atoms with van der Waals surface area (Å²) < 4.78 is 19.1. The highest BCUT2D eigenvalue weighted by Gasteiger charge is 2.09. The molecule has 0 aliphatic carbocycles. The Hall–Kier alpha value is -2.54. The van der Waals surface area contributed by atoms with Crippen molar-refractivity contribution in [3.05, 3.63) is 47.6 Å². The number of aromatic nitrogens is 4. The zero-order valence-corrected chi connectivity index (χ0v) is 12.2. The van der Waals surface area contributed by atoms with Crippen LogP contribution in [0.3, 0.4) is 0 Å². The summed E-state index contributed by atoms with van der Waals surface area (Å²) in [6, 6.07) is 4.71. The van der Waals surface area contributed by atoms with Crippen molar-refractivity contribution in [1.29, 1.82) is 0 Å². The number of nitrogens with zero attached hydrogens (tertiary/aromatic N) is 3. The Kier molecular flexibility index (Phi) is 3.19. The second-order valence-electron chi connectivity index (χ2n) is 4.79. The van der Waals surface area contributed by atoms with E-state index in [1.807, 2.05) is 6.20 Å². The summed E-state index contributed by atoms with van der Waals surface area (Å²) in [5.74, 6) is 0.242. The van der Waals surface area contributed by atoms with E-state index < -0.39 is 0 Å². The zero-order valence-electron chi connectivity index (χ0n) is 11.4. The topological polar surface area (TPSA) is 63.7 Å². The molecule has 1 N–H and O–H groups in total. The van der Waals surface area contributed by atoms with E-state index in [0.717, 1.165) is 21.3 Å². The fourth-order valence-electron chi connectivity index (χ4n) is 2.39. The molecule has 110 valence electrons. The van der Waals surface area contributed by atoms with Crippen LogP contribution in [0.25, 0.3) is 21.3 Å². The van der Waals surface area contributed by atoms with Crippen molar-refractivity contribution < 1.29 is 9.13 Å². The summed E-state index contributed by atoms with van der Waals surface area (Å²) in [7, 11) is 0. The van der Waals surface area contributed by atoms with E-state index in [4.69, 9.17) is 4.74 Å². The van der Waals surface area contributed by atoms with E-state index in [2.05, 4.69) is 19.9 Å². The lowest BCUT2D eigenvalue weighted by Crippen LogP contribution is -2.03. The average Bonchev–Trinajstić information content (AvgIpc) is 3.14. The van der Waals surface area contributed by atoms with E-state index in [1.54, 1.807) is 11.6 Å². The van der Waals surface area contributed by atoms with Crippen LogP contribution < -0.4 is 4.74 Å². The van der Waals surface area contributed by atoms with Crippen molar-refractivity contribution in [1.82, 2.24) is 19.9 Å². The molecule has 0 aliphatic rings. The molecule has 4 aromatic rings. The normalized spacial score (nSPS) is 11.3. The fourth-order valence-corrected chi connectivity index (χ4v) is 3.01. The molecule has 0 unspecified atom stereocenters. The Labute approximate surface area is 128 Å². The summed E-state index contributed by atoms with van der Waals surface area (Å²) >= 11 is 1.45. The van der Waals surface area contributed by atoms with Gasteiger partial charge in [-0.1, -0.05) is 0 Å². The molecule has 0 fully saturated rings. The zero-order chi connectivity index (χ0) is 14.9. The largest absolute Gasteiger partial charge is 0.476 e. The highest BCUT2D eigenvalue weighted by Crippen LogP contribution is 2.23. The number of fused-ring (bicyclic) bond motifs is 2. The van der Waals surface area contributed by atoms with Gasteiger partial charge < -0.3 is 9.72 Å². The number of hydrogen-bond acceptors (Lipinski definition) is 5. The minimum absolute atomic E-state index is 0.241. The molecule has 4 rings (SSSR count). The number of nitrogens with one attached hydrogen (secondary N) is 1. The number of halogens is 1. The Morgan fingerprint density at radius 3 is 3.14 bits per heavy atom. The molecule has 0 aliphatic heterocycles. The first-order valence-corrected chi connectivity index (χ1v) is 7.62. The monoisotopic (exact) mass is 314 g/mol. The van der Waals surface area contributed by atoms with Crippen LogP contribution in [0.15, 0.2) is 36.2 Å². The Bertz CT molecular complexity index is 949. The van der Waals surface area contributed by atoms with Crippen LogP contribution in [0.4, 0.5) is 4.39 Å². The van der Waals surface area contributed by atoms with Crippen LogP contribution in [0, 0.1) is 5.82 Å². The van der Waals surface area contributed by atoms with Crippen molar-refractivity contribution in [2.75, 3.05) is 6.61 Å². The van der Waals surface area contributed by atoms with E-state index in [1.165, 1.54) is 29.8 Å². The van der Waals surface area contributed by atoms with Gasteiger partial charge in [0.15, 0.2) is 10.3 Å². The number of aromatic amines is 1. The number of H-pyrrole nitrogens is 1. The van der Waals surface area contributed by atoms with Gasteiger partial charge in [-0.2, -0.15) is 4.98 Å². The number of benzene rings is 1. The molecule has 0 saturated carbocycles. The van der Waals surface area contributed by atoms with E-state index in [-0.39, 0.29) is 5.82 Å². The van der Waals surface area contributed by atoms with Crippen molar-refractivity contribution in [2.24, 2.45) is 0 Å². The molecule has 0 spiro atoms. The van der Waals surface area contributed by atoms with Crippen LogP contribution in [-0.2, 0) is 6.42 Å². The lowest BCUT2D eigenvalue weighted by molar-refractivity contribution is 0.313. The first-order valence-electron chi connectivity index (χ1n) is 6.74. The predicted octanol–water partition coefficient (Wildman–Crippen LogP) is 3.33. The first-order chi connectivity index (χ1) is 10.8. The SMILES string of the molecule is Fc1ccc2[nH]cc(CCOc3ncnc4scnc34)c2c1. The van der Waals surface area contributed by atoms with Gasteiger partial charge >= 0.3 is 0 Å². The third kappa shape index (κ3) is 2.29. The van der Waals surface area contributed by atoms with Crippen LogP contribution in [-0.4, -0.2) is 26.5 Å². The standard InChI is InChI=1S/C15H11FN4OS/c16-10-1-2-12-11(5-10)9(6-17-12)3-4-21-14-13-15(19-7-18-14)22-8-20-13/h1-2,5-8,17H,3-4H2. The van der Waals surface area contributed by atoms with Gasteiger partial charge in [0.05, 0.1) is 12.1 Å². The molecular weight excluding hydrogens is 303 g/mol. The van der Waals surface area contributed by atoms with Crippen LogP contribution in [0.2, 0.25) is 0 Å². The predicted molar refractivity (Wildman–Crippen MR) is 82.7 cm³/mol. The molecule has 1 aromatic carbocycles. The number of thiazole rings is 1. The number of rotatable bonds is 4. The third-order valence-corrected chi connectivity index (χ3v) is 4.17. The van der Waals surface area contributed by atoms with Gasteiger partial charge in [0.2, 0.25) is 5.88 Å². The molecule has 0 amide bonds. The van der Waals surface area contributed by atoms with Crippen molar-refractivity contribution in [3.8, 4) is 5.88 Å². The molecule has 7 heteroatoms. The summed E-state index contributed by atoms with van der Waals surface area (Å²) in [5.41, 5.74) is 4.32. The van der Waals surface area contributed by atoms with Gasteiger partial charge in [-0.3, -0.25) is 0 Å². The molecule has 0 atom stereocenters. The maximum absolute atomic E-state index is 13.4. The minimum Gasteiger partial charge on any atom is -0.476 e. The first kappa shape index (κ1) is 13.1. The van der Waals surface area contributed by atoms with Crippen LogP contribution in [0.5, 0.6) is 5.88 Å². The summed E-state index contributed by atoms with van der Waals surface area (Å²) in [5, 5.41) is 0.880. The van der Waals surface area contributed by atoms with Crippen molar-refractivity contribution in [3.63, 3.8) is 0 Å². The maximum atomic E-state index is 13.4. The van der Waals surface area contributed by atoms with Gasteiger partial charge in [0.1, 0.15) is 12.1 Å². The second kappa shape index (κ2) is 5.34. The summed E-state index contributed by atoms with van der Waals surface area (Å²) in [4.78, 5) is 16.4. The van der Waals surface area contributed by atoms with E-state index >= 15 is 0 Å².